The van der Waals surface area contributed by atoms with Crippen LogP contribution in [0.3, 0.4) is 0 Å². The average molecular weight is 829 g/mol. The third-order valence-electron chi connectivity index (χ3n) is 10.4. The van der Waals surface area contributed by atoms with Crippen LogP contribution in [-0.4, -0.2) is 86.4 Å². The van der Waals surface area contributed by atoms with Crippen LogP contribution < -0.4 is 4.74 Å². The molecule has 0 aliphatic carbocycles. The van der Waals surface area contributed by atoms with Crippen molar-refractivity contribution in [2.45, 2.75) is 0 Å². The first kappa shape index (κ1) is 44.2. The lowest BCUT2D eigenvalue weighted by atomic mass is 9.74. The fourth-order valence-corrected chi connectivity index (χ4v) is 7.57. The van der Waals surface area contributed by atoms with Gasteiger partial charge in [-0.3, -0.25) is 0 Å². The Kier molecular flexibility index (Phi) is 17.5. The predicted molar refractivity (Wildman–Crippen MR) is 251 cm³/mol. The van der Waals surface area contributed by atoms with Crippen LogP contribution in [0.25, 0.3) is 66.8 Å². The van der Waals surface area contributed by atoms with Crippen LogP contribution in [0.5, 0.6) is 5.75 Å². The van der Waals surface area contributed by atoms with Crippen molar-refractivity contribution in [2.75, 3.05) is 86.4 Å². The van der Waals surface area contributed by atoms with Gasteiger partial charge in [-0.2, -0.15) is 0 Å². The van der Waals surface area contributed by atoms with E-state index in [2.05, 4.69) is 176 Å². The molecule has 0 saturated heterocycles. The summed E-state index contributed by atoms with van der Waals surface area (Å²) in [7, 11) is 1.65. The molecule has 318 valence electrons. The molecule has 0 radical (unpaired) electrons. The standard InChI is InChI=1S/C55H56O7/c1-56-31-32-57-33-34-58-35-36-59-37-38-60-39-40-61-41-42-62-49-29-27-48(28-30-49)55-53(46-23-13-5-14-24-46)51(44-19-9-3-10-20-44)50(43-17-7-2-8-18-43)52(45-21-11-4-12-22-45)54(55)47-25-15-6-16-26-47/h2-30H,31-42H2,1H3. The van der Waals surface area contributed by atoms with Crippen molar-refractivity contribution >= 4 is 0 Å². The van der Waals surface area contributed by atoms with Crippen LogP contribution >= 0.6 is 0 Å². The van der Waals surface area contributed by atoms with E-state index in [0.29, 0.717) is 79.3 Å². The van der Waals surface area contributed by atoms with Crippen molar-refractivity contribution in [3.05, 3.63) is 176 Å². The van der Waals surface area contributed by atoms with Crippen LogP contribution in [0.2, 0.25) is 0 Å². The highest BCUT2D eigenvalue weighted by molar-refractivity contribution is 6.15. The summed E-state index contributed by atoms with van der Waals surface area (Å²) >= 11 is 0. The molecular formula is C55H56O7. The zero-order valence-electron chi connectivity index (χ0n) is 35.6. The van der Waals surface area contributed by atoms with Gasteiger partial charge in [0.1, 0.15) is 12.4 Å². The Hall–Kier alpha value is -5.90. The first-order chi connectivity index (χ1) is 30.8. The number of hydrogen-bond acceptors (Lipinski definition) is 7. The first-order valence-corrected chi connectivity index (χ1v) is 21.5. The summed E-state index contributed by atoms with van der Waals surface area (Å²) < 4.78 is 39.1. The van der Waals surface area contributed by atoms with Gasteiger partial charge in [0.2, 0.25) is 0 Å². The Labute approximate surface area is 366 Å². The second kappa shape index (κ2) is 24.5. The fourth-order valence-electron chi connectivity index (χ4n) is 7.57. The Bertz CT molecular complexity index is 2220. The van der Waals surface area contributed by atoms with Gasteiger partial charge in [-0.15, -0.1) is 0 Å². The van der Waals surface area contributed by atoms with Gasteiger partial charge in [-0.25, -0.2) is 0 Å². The minimum atomic E-state index is 0.423. The third-order valence-corrected chi connectivity index (χ3v) is 10.4. The summed E-state index contributed by atoms with van der Waals surface area (Å²) in [5.41, 5.74) is 13.9. The van der Waals surface area contributed by atoms with E-state index in [1.54, 1.807) is 7.11 Å². The molecule has 0 spiro atoms. The lowest BCUT2D eigenvalue weighted by molar-refractivity contribution is -0.0159. The average Bonchev–Trinajstić information content (AvgIpc) is 3.34. The van der Waals surface area contributed by atoms with Gasteiger partial charge in [0, 0.05) is 7.11 Å². The van der Waals surface area contributed by atoms with Crippen LogP contribution in [0.15, 0.2) is 176 Å². The largest absolute Gasteiger partial charge is 0.491 e. The van der Waals surface area contributed by atoms with Crippen molar-refractivity contribution in [2.24, 2.45) is 0 Å². The maximum absolute atomic E-state index is 6.20. The number of benzene rings is 7. The van der Waals surface area contributed by atoms with Gasteiger partial charge in [-0.1, -0.05) is 164 Å². The Morgan fingerprint density at radius 3 is 0.726 bits per heavy atom. The van der Waals surface area contributed by atoms with Crippen molar-refractivity contribution in [1.82, 2.24) is 0 Å². The quantitative estimate of drug-likeness (QED) is 0.0532. The SMILES string of the molecule is COCCOCCOCCOCCOCCOCCOc1ccc(-c2c(-c3ccccc3)c(-c3ccccc3)c(-c3ccccc3)c(-c3ccccc3)c2-c2ccccc2)cc1. The van der Waals surface area contributed by atoms with Crippen molar-refractivity contribution in [3.63, 3.8) is 0 Å². The van der Waals surface area contributed by atoms with Crippen LogP contribution in [0.1, 0.15) is 0 Å². The van der Waals surface area contributed by atoms with Gasteiger partial charge < -0.3 is 33.2 Å². The highest BCUT2D eigenvalue weighted by Gasteiger charge is 2.29. The highest BCUT2D eigenvalue weighted by Crippen LogP contribution is 2.55. The monoisotopic (exact) mass is 828 g/mol. The topological polar surface area (TPSA) is 64.6 Å². The first-order valence-electron chi connectivity index (χ1n) is 21.5. The molecule has 7 rings (SSSR count). The van der Waals surface area contributed by atoms with Gasteiger partial charge >= 0.3 is 0 Å². The smallest absolute Gasteiger partial charge is 0.119 e. The number of ether oxygens (including phenoxy) is 7. The molecule has 0 amide bonds. The summed E-state index contributed by atoms with van der Waals surface area (Å²) in [5, 5.41) is 0. The molecule has 0 fully saturated rings. The van der Waals surface area contributed by atoms with E-state index in [-0.39, 0.29) is 0 Å². The third kappa shape index (κ3) is 12.1. The number of rotatable bonds is 25. The molecule has 0 bridgehead atoms. The Morgan fingerprint density at radius 1 is 0.242 bits per heavy atom. The van der Waals surface area contributed by atoms with Gasteiger partial charge in [0.25, 0.3) is 0 Å². The minimum absolute atomic E-state index is 0.423. The molecule has 7 aromatic carbocycles. The summed E-state index contributed by atoms with van der Waals surface area (Å²) in [6.07, 6.45) is 0. The minimum Gasteiger partial charge on any atom is -0.491 e. The highest BCUT2D eigenvalue weighted by atomic mass is 16.6. The van der Waals surface area contributed by atoms with E-state index in [0.717, 1.165) is 44.7 Å². The second-order valence-electron chi connectivity index (χ2n) is 14.5. The fraction of sp³-hybridized carbons (Fsp3) is 0.236. The molecule has 7 aromatic rings. The van der Waals surface area contributed by atoms with Crippen molar-refractivity contribution in [3.8, 4) is 72.5 Å². The van der Waals surface area contributed by atoms with Crippen LogP contribution in [0, 0.1) is 0 Å². The van der Waals surface area contributed by atoms with E-state index in [1.165, 1.54) is 27.8 Å². The molecule has 0 saturated carbocycles. The predicted octanol–water partition coefficient (Wildman–Crippen LogP) is 11.8. The number of methoxy groups -OCH3 is 1. The zero-order valence-corrected chi connectivity index (χ0v) is 35.6. The zero-order chi connectivity index (χ0) is 42.4. The lowest BCUT2D eigenvalue weighted by Gasteiger charge is -2.28. The van der Waals surface area contributed by atoms with E-state index in [1.807, 2.05) is 0 Å². The molecule has 0 atom stereocenters. The molecule has 0 N–H and O–H groups in total. The van der Waals surface area contributed by atoms with E-state index in [4.69, 9.17) is 33.2 Å². The normalized spacial score (nSPS) is 11.2. The molecule has 0 unspecified atom stereocenters. The maximum atomic E-state index is 6.20. The van der Waals surface area contributed by atoms with Gasteiger partial charge in [0.15, 0.2) is 0 Å². The molecule has 7 heteroatoms. The second-order valence-corrected chi connectivity index (χ2v) is 14.5. The van der Waals surface area contributed by atoms with E-state index in [9.17, 15) is 0 Å². The van der Waals surface area contributed by atoms with Crippen LogP contribution in [0.4, 0.5) is 0 Å². The molecule has 7 nitrogen and oxygen atoms in total. The molecule has 0 heterocycles. The summed E-state index contributed by atoms with van der Waals surface area (Å²) in [6.45, 7) is 6.13. The lowest BCUT2D eigenvalue weighted by Crippen LogP contribution is -2.14. The summed E-state index contributed by atoms with van der Waals surface area (Å²) in [6, 6.07) is 62.6. The van der Waals surface area contributed by atoms with E-state index >= 15 is 0 Å². The van der Waals surface area contributed by atoms with E-state index < -0.39 is 0 Å². The molecule has 0 aliphatic rings. The molecule has 62 heavy (non-hydrogen) atoms. The Morgan fingerprint density at radius 2 is 0.468 bits per heavy atom. The Balaban J connectivity index is 1.11. The van der Waals surface area contributed by atoms with Crippen LogP contribution in [-0.2, 0) is 28.4 Å². The molecule has 0 aliphatic heterocycles. The maximum Gasteiger partial charge on any atom is 0.119 e. The molecular weight excluding hydrogens is 773 g/mol. The van der Waals surface area contributed by atoms with Crippen molar-refractivity contribution < 1.29 is 33.2 Å². The van der Waals surface area contributed by atoms with Gasteiger partial charge in [0.05, 0.1) is 72.7 Å². The summed E-state index contributed by atoms with van der Waals surface area (Å²) in [4.78, 5) is 0. The van der Waals surface area contributed by atoms with Gasteiger partial charge in [-0.05, 0) is 78.9 Å². The molecule has 0 aromatic heterocycles. The summed E-state index contributed by atoms with van der Waals surface area (Å²) in [5.74, 6) is 0.781. The van der Waals surface area contributed by atoms with Crippen molar-refractivity contribution in [1.29, 1.82) is 0 Å². The number of hydrogen-bond donors (Lipinski definition) is 0.